The lowest BCUT2D eigenvalue weighted by Gasteiger charge is -2.08. The third kappa shape index (κ3) is 5.65. The van der Waals surface area contributed by atoms with Crippen LogP contribution in [0.4, 0.5) is 11.4 Å². The SMILES string of the molecule is [C-]#[N+]c1cc(CS(C)(=O)=O)ccc1C(C=Nc1ccc(=O)n(CC2CC2)c1)=CN. The van der Waals surface area contributed by atoms with E-state index in [1.807, 2.05) is 0 Å². The minimum atomic E-state index is -3.20. The van der Waals surface area contributed by atoms with Crippen molar-refractivity contribution in [1.29, 1.82) is 0 Å². The molecule has 1 aromatic heterocycles. The highest BCUT2D eigenvalue weighted by Gasteiger charge is 2.22. The molecule has 7 nitrogen and oxygen atoms in total. The number of aromatic nitrogens is 1. The normalized spacial score (nSPS) is 14.8. The van der Waals surface area contributed by atoms with Crippen LogP contribution in [-0.4, -0.2) is 25.5 Å². The van der Waals surface area contributed by atoms with Crippen molar-refractivity contribution in [1.82, 2.24) is 4.57 Å². The maximum atomic E-state index is 12.0. The monoisotopic (exact) mass is 410 g/mol. The average Bonchev–Trinajstić information content (AvgIpc) is 3.48. The molecule has 1 heterocycles. The summed E-state index contributed by atoms with van der Waals surface area (Å²) in [5.74, 6) is 0.437. The highest BCUT2D eigenvalue weighted by atomic mass is 32.2. The minimum Gasteiger partial charge on any atom is -0.404 e. The van der Waals surface area contributed by atoms with Crippen LogP contribution in [0.25, 0.3) is 10.4 Å². The summed E-state index contributed by atoms with van der Waals surface area (Å²) in [6.45, 7) is 8.12. The second-order valence-corrected chi connectivity index (χ2v) is 9.38. The molecular weight excluding hydrogens is 388 g/mol. The molecule has 0 radical (unpaired) electrons. The van der Waals surface area contributed by atoms with E-state index in [0.717, 1.165) is 19.1 Å². The van der Waals surface area contributed by atoms with Crippen LogP contribution in [0.2, 0.25) is 0 Å². The van der Waals surface area contributed by atoms with Crippen molar-refractivity contribution in [2.45, 2.75) is 25.1 Å². The second kappa shape index (κ2) is 8.45. The number of sulfone groups is 1. The van der Waals surface area contributed by atoms with Gasteiger partial charge in [0.05, 0.1) is 18.0 Å². The zero-order valence-electron chi connectivity index (χ0n) is 16.1. The fourth-order valence-corrected chi connectivity index (χ4v) is 3.75. The van der Waals surface area contributed by atoms with Gasteiger partial charge in [-0.1, -0.05) is 18.2 Å². The van der Waals surface area contributed by atoms with Gasteiger partial charge >= 0.3 is 0 Å². The number of hydrogen-bond acceptors (Lipinski definition) is 5. The van der Waals surface area contributed by atoms with Crippen LogP contribution >= 0.6 is 0 Å². The van der Waals surface area contributed by atoms with Gasteiger partial charge in [-0.2, -0.15) is 0 Å². The summed E-state index contributed by atoms with van der Waals surface area (Å²) in [5.41, 5.74) is 8.25. The molecule has 1 aliphatic carbocycles. The summed E-state index contributed by atoms with van der Waals surface area (Å²) in [5, 5.41) is 0. The number of rotatable bonds is 7. The predicted molar refractivity (Wildman–Crippen MR) is 115 cm³/mol. The number of aliphatic imine (C=N–C) groups is 1. The van der Waals surface area contributed by atoms with Crippen molar-refractivity contribution in [3.63, 3.8) is 0 Å². The van der Waals surface area contributed by atoms with Crippen molar-refractivity contribution < 1.29 is 8.42 Å². The Morgan fingerprint density at radius 3 is 2.72 bits per heavy atom. The highest BCUT2D eigenvalue weighted by molar-refractivity contribution is 7.89. The van der Waals surface area contributed by atoms with Gasteiger partial charge in [-0.3, -0.25) is 9.79 Å². The third-order valence-electron chi connectivity index (χ3n) is 4.57. The Morgan fingerprint density at radius 1 is 1.34 bits per heavy atom. The van der Waals surface area contributed by atoms with E-state index in [4.69, 9.17) is 12.3 Å². The van der Waals surface area contributed by atoms with Crippen LogP contribution in [0.15, 0.2) is 52.5 Å². The molecule has 2 N–H and O–H groups in total. The van der Waals surface area contributed by atoms with E-state index in [1.54, 1.807) is 41.2 Å². The first-order valence-corrected chi connectivity index (χ1v) is 11.2. The van der Waals surface area contributed by atoms with Crippen molar-refractivity contribution in [2.24, 2.45) is 16.6 Å². The summed E-state index contributed by atoms with van der Waals surface area (Å²) in [7, 11) is -3.20. The molecule has 0 saturated heterocycles. The summed E-state index contributed by atoms with van der Waals surface area (Å²) >= 11 is 0. The lowest BCUT2D eigenvalue weighted by Crippen LogP contribution is -2.18. The van der Waals surface area contributed by atoms with E-state index in [-0.39, 0.29) is 11.3 Å². The molecule has 1 fully saturated rings. The Morgan fingerprint density at radius 2 is 2.10 bits per heavy atom. The summed E-state index contributed by atoms with van der Waals surface area (Å²) in [4.78, 5) is 19.9. The molecule has 0 unspecified atom stereocenters. The van der Waals surface area contributed by atoms with E-state index < -0.39 is 9.84 Å². The summed E-state index contributed by atoms with van der Waals surface area (Å²) in [6.07, 6.45) is 8.06. The molecule has 1 saturated carbocycles. The van der Waals surface area contributed by atoms with E-state index in [1.165, 1.54) is 12.3 Å². The summed E-state index contributed by atoms with van der Waals surface area (Å²) < 4.78 is 24.7. The smallest absolute Gasteiger partial charge is 0.250 e. The van der Waals surface area contributed by atoms with E-state index in [9.17, 15) is 13.2 Å². The average molecular weight is 410 g/mol. The molecule has 0 amide bonds. The predicted octanol–water partition coefficient (Wildman–Crippen LogP) is 3.06. The first kappa shape index (κ1) is 20.6. The molecule has 2 aromatic rings. The Hall–Kier alpha value is -3.18. The third-order valence-corrected chi connectivity index (χ3v) is 5.43. The number of nitrogens with zero attached hydrogens (tertiary/aromatic N) is 3. The van der Waals surface area contributed by atoms with E-state index in [2.05, 4.69) is 9.84 Å². The van der Waals surface area contributed by atoms with Crippen molar-refractivity contribution in [2.75, 3.05) is 6.26 Å². The number of hydrogen-bond donors (Lipinski definition) is 1. The number of pyridine rings is 1. The molecule has 1 aliphatic rings. The molecule has 1 aromatic carbocycles. The maximum absolute atomic E-state index is 12.0. The van der Waals surface area contributed by atoms with Gasteiger partial charge in [-0.15, -0.1) is 0 Å². The second-order valence-electron chi connectivity index (χ2n) is 7.23. The fraction of sp³-hybridized carbons (Fsp3) is 0.286. The standard InChI is InChI=1S/C21H22N4O3S/c1-23-20-9-16(14-29(2,27)28)5-7-19(20)17(10-22)11-24-18-6-8-21(26)25(13-18)12-15-3-4-15/h5-11,13,15H,3-4,12,14,22H2,2H3. The van der Waals surface area contributed by atoms with E-state index >= 15 is 0 Å². The molecule has 0 bridgehead atoms. The first-order valence-electron chi connectivity index (χ1n) is 9.14. The van der Waals surface area contributed by atoms with Crippen molar-refractivity contribution in [3.8, 4) is 0 Å². The topological polar surface area (TPSA) is 98.9 Å². The van der Waals surface area contributed by atoms with Crippen LogP contribution in [-0.2, 0) is 22.1 Å². The van der Waals surface area contributed by atoms with Gasteiger partial charge in [-0.05, 0) is 36.0 Å². The van der Waals surface area contributed by atoms with Crippen LogP contribution in [0.3, 0.4) is 0 Å². The fourth-order valence-electron chi connectivity index (χ4n) is 2.97. The van der Waals surface area contributed by atoms with Crippen LogP contribution < -0.4 is 11.3 Å². The Labute approximate surface area is 169 Å². The molecular formula is C21H22N4O3S. The van der Waals surface area contributed by atoms with Gasteiger partial charge in [0.1, 0.15) is 0 Å². The largest absolute Gasteiger partial charge is 0.404 e. The zero-order valence-corrected chi connectivity index (χ0v) is 16.9. The molecule has 0 spiro atoms. The van der Waals surface area contributed by atoms with Gasteiger partial charge in [0.25, 0.3) is 5.56 Å². The molecule has 29 heavy (non-hydrogen) atoms. The van der Waals surface area contributed by atoms with Gasteiger partial charge in [-0.25, -0.2) is 13.3 Å². The van der Waals surface area contributed by atoms with Crippen LogP contribution in [0, 0.1) is 12.5 Å². The molecule has 3 rings (SSSR count). The van der Waals surface area contributed by atoms with Crippen LogP contribution in [0.5, 0.6) is 0 Å². The lowest BCUT2D eigenvalue weighted by atomic mass is 10.0. The maximum Gasteiger partial charge on any atom is 0.250 e. The zero-order chi connectivity index (χ0) is 21.0. The van der Waals surface area contributed by atoms with Crippen molar-refractivity contribution >= 4 is 33.0 Å². The Kier molecular flexibility index (Phi) is 5.99. The number of nitrogens with two attached hydrogens (primary N) is 1. The quantitative estimate of drug-likeness (QED) is 0.560. The van der Waals surface area contributed by atoms with Gasteiger partial charge < -0.3 is 10.3 Å². The van der Waals surface area contributed by atoms with Gasteiger partial charge in [0.2, 0.25) is 0 Å². The molecule has 0 atom stereocenters. The minimum absolute atomic E-state index is 0.0535. The van der Waals surface area contributed by atoms with Gasteiger partial charge in [0, 0.05) is 43.1 Å². The van der Waals surface area contributed by atoms with Crippen molar-refractivity contribution in [3.05, 3.63) is 75.6 Å². The van der Waals surface area contributed by atoms with E-state index in [0.29, 0.717) is 40.5 Å². The molecule has 8 heteroatoms. The Bertz CT molecular complexity index is 1180. The molecule has 150 valence electrons. The number of benzene rings is 1. The van der Waals surface area contributed by atoms with Crippen LogP contribution in [0.1, 0.15) is 24.0 Å². The number of allylic oxidation sites excluding steroid dienone is 1. The Balaban J connectivity index is 1.86. The van der Waals surface area contributed by atoms with Gasteiger partial charge in [0.15, 0.2) is 15.5 Å². The first-order chi connectivity index (χ1) is 13.8. The summed E-state index contributed by atoms with van der Waals surface area (Å²) in [6, 6.07) is 8.02. The highest BCUT2D eigenvalue weighted by Crippen LogP contribution is 2.30. The lowest BCUT2D eigenvalue weighted by molar-refractivity contribution is 0.601. The molecule has 0 aliphatic heterocycles.